The van der Waals surface area contributed by atoms with Gasteiger partial charge in [-0.2, -0.15) is 4.31 Å². The minimum Gasteiger partial charge on any atom is -0.329 e. The summed E-state index contributed by atoms with van der Waals surface area (Å²) < 4.78 is 25.0. The standard InChI is InChI=1S/C9H13N3O4S/c1-11(7-6-10)17(15,16)9-5-3-2-4-8(9)12(13)14/h2-5H,6-7,10H2,1H3. The Morgan fingerprint density at radius 1 is 1.41 bits per heavy atom. The zero-order valence-corrected chi connectivity index (χ0v) is 10.1. The van der Waals surface area contributed by atoms with Crippen molar-refractivity contribution in [1.82, 2.24) is 4.31 Å². The first kappa shape index (κ1) is 13.6. The van der Waals surface area contributed by atoms with Gasteiger partial charge in [0.1, 0.15) is 0 Å². The molecular formula is C9H13N3O4S. The van der Waals surface area contributed by atoms with E-state index in [1.165, 1.54) is 25.2 Å². The fourth-order valence-corrected chi connectivity index (χ4v) is 2.63. The molecular weight excluding hydrogens is 246 g/mol. The molecule has 0 aliphatic rings. The largest absolute Gasteiger partial charge is 0.329 e. The van der Waals surface area contributed by atoms with Crippen molar-refractivity contribution in [3.63, 3.8) is 0 Å². The van der Waals surface area contributed by atoms with Crippen LogP contribution in [0.1, 0.15) is 0 Å². The minimum atomic E-state index is -3.87. The summed E-state index contributed by atoms with van der Waals surface area (Å²) in [6.07, 6.45) is 0. The normalized spacial score (nSPS) is 11.7. The highest BCUT2D eigenvalue weighted by Crippen LogP contribution is 2.25. The van der Waals surface area contributed by atoms with Gasteiger partial charge in [0.25, 0.3) is 5.69 Å². The number of benzene rings is 1. The number of nitrogens with zero attached hydrogens (tertiary/aromatic N) is 2. The van der Waals surface area contributed by atoms with E-state index in [1.807, 2.05) is 0 Å². The van der Waals surface area contributed by atoms with Gasteiger partial charge < -0.3 is 5.73 Å². The Balaban J connectivity index is 3.29. The van der Waals surface area contributed by atoms with Crippen molar-refractivity contribution in [1.29, 1.82) is 0 Å². The molecule has 2 N–H and O–H groups in total. The first-order valence-corrected chi connectivity index (χ1v) is 6.25. The zero-order chi connectivity index (χ0) is 13.1. The fourth-order valence-electron chi connectivity index (χ4n) is 1.30. The number of nitro benzene ring substituents is 1. The van der Waals surface area contributed by atoms with Crippen molar-refractivity contribution in [2.24, 2.45) is 5.73 Å². The molecule has 0 spiro atoms. The van der Waals surface area contributed by atoms with Gasteiger partial charge in [-0.3, -0.25) is 10.1 Å². The lowest BCUT2D eigenvalue weighted by molar-refractivity contribution is -0.387. The molecule has 0 bridgehead atoms. The maximum atomic E-state index is 12.0. The van der Waals surface area contributed by atoms with Crippen LogP contribution in [-0.2, 0) is 10.0 Å². The van der Waals surface area contributed by atoms with Gasteiger partial charge >= 0.3 is 0 Å². The van der Waals surface area contributed by atoms with E-state index in [0.717, 1.165) is 10.4 Å². The number of hydrogen-bond acceptors (Lipinski definition) is 5. The average molecular weight is 259 g/mol. The molecule has 8 heteroatoms. The molecule has 0 saturated heterocycles. The topological polar surface area (TPSA) is 107 Å². The van der Waals surface area contributed by atoms with E-state index in [4.69, 9.17) is 5.73 Å². The zero-order valence-electron chi connectivity index (χ0n) is 9.24. The molecule has 7 nitrogen and oxygen atoms in total. The van der Waals surface area contributed by atoms with Crippen molar-refractivity contribution in [2.75, 3.05) is 20.1 Å². The fraction of sp³-hybridized carbons (Fsp3) is 0.333. The van der Waals surface area contributed by atoms with Crippen molar-refractivity contribution >= 4 is 15.7 Å². The van der Waals surface area contributed by atoms with Gasteiger partial charge in [0, 0.05) is 26.2 Å². The maximum absolute atomic E-state index is 12.0. The highest BCUT2D eigenvalue weighted by Gasteiger charge is 2.28. The molecule has 1 aromatic carbocycles. The van der Waals surface area contributed by atoms with Crippen molar-refractivity contribution < 1.29 is 13.3 Å². The minimum absolute atomic E-state index is 0.106. The highest BCUT2D eigenvalue weighted by atomic mass is 32.2. The number of hydrogen-bond donors (Lipinski definition) is 1. The molecule has 0 atom stereocenters. The molecule has 0 unspecified atom stereocenters. The second-order valence-electron chi connectivity index (χ2n) is 3.34. The Kier molecular flexibility index (Phi) is 4.16. The summed E-state index contributed by atoms with van der Waals surface area (Å²) in [5, 5.41) is 10.7. The summed E-state index contributed by atoms with van der Waals surface area (Å²) in [4.78, 5) is 9.71. The Hall–Kier alpha value is -1.51. The number of rotatable bonds is 5. The van der Waals surface area contributed by atoms with Crippen LogP contribution in [0.3, 0.4) is 0 Å². The van der Waals surface area contributed by atoms with Crippen LogP contribution >= 0.6 is 0 Å². The molecule has 0 aliphatic heterocycles. The first-order chi connectivity index (χ1) is 7.91. The van der Waals surface area contributed by atoms with Crippen LogP contribution in [0.4, 0.5) is 5.69 Å². The van der Waals surface area contributed by atoms with E-state index in [2.05, 4.69) is 0 Å². The predicted molar refractivity (Wildman–Crippen MR) is 62.0 cm³/mol. The van der Waals surface area contributed by atoms with E-state index in [9.17, 15) is 18.5 Å². The number of nitrogens with two attached hydrogens (primary N) is 1. The molecule has 94 valence electrons. The van der Waals surface area contributed by atoms with E-state index in [0.29, 0.717) is 0 Å². The van der Waals surface area contributed by atoms with Crippen LogP contribution in [0.15, 0.2) is 29.2 Å². The number of nitro groups is 1. The Morgan fingerprint density at radius 2 is 2.00 bits per heavy atom. The molecule has 0 amide bonds. The van der Waals surface area contributed by atoms with Crippen LogP contribution < -0.4 is 5.73 Å². The van der Waals surface area contributed by atoms with E-state index < -0.39 is 20.6 Å². The van der Waals surface area contributed by atoms with Gasteiger partial charge in [-0.15, -0.1) is 0 Å². The van der Waals surface area contributed by atoms with Crippen LogP contribution in [0.5, 0.6) is 0 Å². The summed E-state index contributed by atoms with van der Waals surface area (Å²) in [5.41, 5.74) is 4.83. The monoisotopic (exact) mass is 259 g/mol. The number of sulfonamides is 1. The van der Waals surface area contributed by atoms with Gasteiger partial charge in [-0.25, -0.2) is 8.42 Å². The van der Waals surface area contributed by atoms with Crippen molar-refractivity contribution in [3.8, 4) is 0 Å². The Labute approximate surface area is 99.0 Å². The van der Waals surface area contributed by atoms with E-state index in [-0.39, 0.29) is 18.0 Å². The summed E-state index contributed by atoms with van der Waals surface area (Å²) in [6.45, 7) is 0.255. The summed E-state index contributed by atoms with van der Waals surface area (Å²) in [7, 11) is -2.53. The van der Waals surface area contributed by atoms with E-state index >= 15 is 0 Å². The van der Waals surface area contributed by atoms with Crippen molar-refractivity contribution in [3.05, 3.63) is 34.4 Å². The third-order valence-corrected chi connectivity index (χ3v) is 4.10. The second kappa shape index (κ2) is 5.21. The molecule has 1 aromatic rings. The lowest BCUT2D eigenvalue weighted by atomic mass is 10.3. The lowest BCUT2D eigenvalue weighted by Gasteiger charge is -2.15. The molecule has 17 heavy (non-hydrogen) atoms. The summed E-state index contributed by atoms with van der Waals surface area (Å²) in [5.74, 6) is 0. The quantitative estimate of drug-likeness (QED) is 0.599. The molecule has 0 radical (unpaired) electrons. The van der Waals surface area contributed by atoms with Gasteiger partial charge in [0.2, 0.25) is 10.0 Å². The number of para-hydroxylation sites is 1. The first-order valence-electron chi connectivity index (χ1n) is 4.81. The Bertz CT molecular complexity index is 515. The van der Waals surface area contributed by atoms with Crippen molar-refractivity contribution in [2.45, 2.75) is 4.90 Å². The molecule has 0 aliphatic carbocycles. The lowest BCUT2D eigenvalue weighted by Crippen LogP contribution is -2.32. The summed E-state index contributed by atoms with van der Waals surface area (Å²) in [6, 6.07) is 5.22. The smallest absolute Gasteiger partial charge is 0.289 e. The molecule has 1 rings (SSSR count). The van der Waals surface area contributed by atoms with Gasteiger partial charge in [-0.05, 0) is 6.07 Å². The van der Waals surface area contributed by atoms with Gasteiger partial charge in [-0.1, -0.05) is 12.1 Å². The van der Waals surface area contributed by atoms with Crippen LogP contribution in [0.25, 0.3) is 0 Å². The maximum Gasteiger partial charge on any atom is 0.289 e. The molecule has 0 fully saturated rings. The van der Waals surface area contributed by atoms with Gasteiger partial charge in [0.05, 0.1) is 4.92 Å². The van der Waals surface area contributed by atoms with E-state index in [1.54, 1.807) is 0 Å². The van der Waals surface area contributed by atoms with Crippen LogP contribution in [-0.4, -0.2) is 37.8 Å². The molecule has 0 aromatic heterocycles. The second-order valence-corrected chi connectivity index (χ2v) is 5.35. The number of likely N-dealkylation sites (N-methyl/N-ethyl adjacent to an activating group) is 1. The summed E-state index contributed by atoms with van der Waals surface area (Å²) >= 11 is 0. The van der Waals surface area contributed by atoms with Gasteiger partial charge in [0.15, 0.2) is 4.90 Å². The average Bonchev–Trinajstić information content (AvgIpc) is 2.29. The Morgan fingerprint density at radius 3 is 2.53 bits per heavy atom. The molecule has 0 heterocycles. The SMILES string of the molecule is CN(CCN)S(=O)(=O)c1ccccc1[N+](=O)[O-]. The third kappa shape index (κ3) is 2.78. The van der Waals surface area contributed by atoms with Crippen LogP contribution in [0, 0.1) is 10.1 Å². The highest BCUT2D eigenvalue weighted by molar-refractivity contribution is 7.89. The molecule has 0 saturated carbocycles. The van der Waals surface area contributed by atoms with Crippen LogP contribution in [0.2, 0.25) is 0 Å². The predicted octanol–water partition coefficient (Wildman–Crippen LogP) is 0.174. The third-order valence-electron chi connectivity index (χ3n) is 2.19.